The van der Waals surface area contributed by atoms with E-state index in [2.05, 4.69) is 11.1 Å². The van der Waals surface area contributed by atoms with Crippen LogP contribution >= 0.6 is 34.3 Å². The fraction of sp³-hybridized carbons (Fsp3) is 0.214. The van der Waals surface area contributed by atoms with Gasteiger partial charge in [0.2, 0.25) is 0 Å². The predicted molar refractivity (Wildman–Crippen MR) is 82.8 cm³/mol. The van der Waals surface area contributed by atoms with Crippen molar-refractivity contribution < 1.29 is 4.74 Å². The number of rotatable bonds is 4. The Morgan fingerprint density at radius 2 is 2.21 bits per heavy atom. The molecule has 0 fully saturated rings. The number of thiazole rings is 1. The van der Waals surface area contributed by atoms with Crippen molar-refractivity contribution in [2.75, 3.05) is 7.11 Å². The first-order valence-corrected chi connectivity index (χ1v) is 8.00. The second kappa shape index (κ2) is 5.49. The van der Waals surface area contributed by atoms with Crippen LogP contribution in [0.3, 0.4) is 0 Å². The molecular formula is C14H12ClNOS2. The van der Waals surface area contributed by atoms with Crippen molar-refractivity contribution in [2.45, 2.75) is 11.8 Å². The number of hydrogen-bond donors (Lipinski definition) is 0. The maximum Gasteiger partial charge on any atom is 0.129 e. The number of nitrogens with zero attached hydrogens (tertiary/aromatic N) is 1. The smallest absolute Gasteiger partial charge is 0.129 e. The average molecular weight is 310 g/mol. The molecule has 2 heterocycles. The maximum absolute atomic E-state index is 6.46. The summed E-state index contributed by atoms with van der Waals surface area (Å²) in [4.78, 5) is 5.74. The molecule has 0 saturated heterocycles. The summed E-state index contributed by atoms with van der Waals surface area (Å²) in [6.45, 7) is 0. The summed E-state index contributed by atoms with van der Waals surface area (Å²) in [5.41, 5.74) is 1.05. The van der Waals surface area contributed by atoms with E-state index in [1.54, 1.807) is 29.8 Å². The molecule has 2 nitrogen and oxygen atoms in total. The molecule has 1 unspecified atom stereocenters. The Kier molecular flexibility index (Phi) is 3.73. The standard InChI is InChI=1S/C14H12ClNOS2/c1-17-9-6-13(18-8-9)10(15)7-14-16-11-4-2-3-5-12(11)19-14/h2-6,8,10H,7H2,1H3. The lowest BCUT2D eigenvalue weighted by Crippen LogP contribution is -1.92. The Bertz CT molecular complexity index is 658. The number of halogens is 1. The lowest BCUT2D eigenvalue weighted by Gasteiger charge is -2.03. The van der Waals surface area contributed by atoms with Crippen LogP contribution in [0.25, 0.3) is 10.2 Å². The number of thiophene rings is 1. The number of aromatic nitrogens is 1. The summed E-state index contributed by atoms with van der Waals surface area (Å²) < 4.78 is 6.40. The van der Waals surface area contributed by atoms with E-state index < -0.39 is 0 Å². The minimum absolute atomic E-state index is 0.0468. The van der Waals surface area contributed by atoms with Crippen molar-refractivity contribution >= 4 is 44.5 Å². The van der Waals surface area contributed by atoms with Gasteiger partial charge in [0.05, 0.1) is 27.7 Å². The van der Waals surface area contributed by atoms with Crippen LogP contribution in [0.15, 0.2) is 35.7 Å². The van der Waals surface area contributed by atoms with E-state index in [1.807, 2.05) is 29.6 Å². The van der Waals surface area contributed by atoms with Crippen LogP contribution in [0, 0.1) is 0 Å². The van der Waals surface area contributed by atoms with E-state index in [1.165, 1.54) is 4.70 Å². The number of fused-ring (bicyclic) bond motifs is 1. The largest absolute Gasteiger partial charge is 0.496 e. The van der Waals surface area contributed by atoms with Gasteiger partial charge >= 0.3 is 0 Å². The zero-order valence-corrected chi connectivity index (χ0v) is 12.7. The Morgan fingerprint density at radius 1 is 1.37 bits per heavy atom. The number of para-hydroxylation sites is 1. The van der Waals surface area contributed by atoms with Crippen LogP contribution in [0.1, 0.15) is 15.3 Å². The third-order valence-corrected chi connectivity index (χ3v) is 5.43. The summed E-state index contributed by atoms with van der Waals surface area (Å²) >= 11 is 9.80. The molecule has 0 amide bonds. The van der Waals surface area contributed by atoms with Crippen molar-refractivity contribution in [1.29, 1.82) is 0 Å². The van der Waals surface area contributed by atoms with Crippen molar-refractivity contribution in [2.24, 2.45) is 0 Å². The van der Waals surface area contributed by atoms with E-state index in [-0.39, 0.29) is 5.38 Å². The van der Waals surface area contributed by atoms with E-state index in [0.717, 1.165) is 27.6 Å². The lowest BCUT2D eigenvalue weighted by atomic mass is 10.2. The molecule has 3 aromatic rings. The Balaban J connectivity index is 1.80. The zero-order chi connectivity index (χ0) is 13.2. The first kappa shape index (κ1) is 12.9. The van der Waals surface area contributed by atoms with Gasteiger partial charge in [-0.3, -0.25) is 0 Å². The van der Waals surface area contributed by atoms with E-state index in [0.29, 0.717) is 0 Å². The number of benzene rings is 1. The molecule has 0 radical (unpaired) electrons. The van der Waals surface area contributed by atoms with Gasteiger partial charge in [-0.1, -0.05) is 12.1 Å². The quantitative estimate of drug-likeness (QED) is 0.640. The van der Waals surface area contributed by atoms with Gasteiger partial charge in [0.1, 0.15) is 5.75 Å². The van der Waals surface area contributed by atoms with Crippen molar-refractivity contribution in [1.82, 2.24) is 4.98 Å². The molecule has 98 valence electrons. The van der Waals surface area contributed by atoms with E-state index in [9.17, 15) is 0 Å². The molecule has 0 N–H and O–H groups in total. The second-order valence-electron chi connectivity index (χ2n) is 4.14. The highest BCUT2D eigenvalue weighted by Gasteiger charge is 2.14. The topological polar surface area (TPSA) is 22.1 Å². The van der Waals surface area contributed by atoms with Gasteiger partial charge < -0.3 is 4.74 Å². The minimum atomic E-state index is -0.0468. The average Bonchev–Trinajstić information content (AvgIpc) is 3.04. The van der Waals surface area contributed by atoms with Gasteiger partial charge in [-0.15, -0.1) is 34.3 Å². The van der Waals surface area contributed by atoms with Gasteiger partial charge in [-0.2, -0.15) is 0 Å². The van der Waals surface area contributed by atoms with Crippen LogP contribution < -0.4 is 4.74 Å². The van der Waals surface area contributed by atoms with E-state index >= 15 is 0 Å². The molecule has 1 aromatic carbocycles. The Hall–Kier alpha value is -1.10. The molecule has 5 heteroatoms. The van der Waals surface area contributed by atoms with Crippen molar-refractivity contribution in [3.63, 3.8) is 0 Å². The molecule has 0 bridgehead atoms. The summed E-state index contributed by atoms with van der Waals surface area (Å²) in [5.74, 6) is 0.870. The van der Waals surface area contributed by atoms with Gasteiger partial charge in [0.15, 0.2) is 0 Å². The van der Waals surface area contributed by atoms with Gasteiger partial charge in [0.25, 0.3) is 0 Å². The van der Waals surface area contributed by atoms with Crippen LogP contribution in [0.2, 0.25) is 0 Å². The van der Waals surface area contributed by atoms with Gasteiger partial charge in [-0.25, -0.2) is 4.98 Å². The lowest BCUT2D eigenvalue weighted by molar-refractivity contribution is 0.416. The molecule has 1 atom stereocenters. The third kappa shape index (κ3) is 2.76. The summed E-state index contributed by atoms with van der Waals surface area (Å²) in [5, 5.41) is 3.01. The number of methoxy groups -OCH3 is 1. The summed E-state index contributed by atoms with van der Waals surface area (Å²) in [6.07, 6.45) is 0.755. The fourth-order valence-electron chi connectivity index (χ4n) is 1.87. The Labute approximate surface area is 124 Å². The normalized spacial score (nSPS) is 12.7. The molecule has 2 aromatic heterocycles. The monoisotopic (exact) mass is 309 g/mol. The van der Waals surface area contributed by atoms with Crippen LogP contribution in [0.5, 0.6) is 5.75 Å². The van der Waals surface area contributed by atoms with Gasteiger partial charge in [-0.05, 0) is 18.2 Å². The molecule has 19 heavy (non-hydrogen) atoms. The number of alkyl halides is 1. The summed E-state index contributed by atoms with van der Waals surface area (Å²) in [7, 11) is 1.67. The molecule has 0 aliphatic carbocycles. The highest BCUT2D eigenvalue weighted by atomic mass is 35.5. The van der Waals surface area contributed by atoms with Crippen molar-refractivity contribution in [3.8, 4) is 5.75 Å². The third-order valence-electron chi connectivity index (χ3n) is 2.83. The van der Waals surface area contributed by atoms with E-state index in [4.69, 9.17) is 16.3 Å². The zero-order valence-electron chi connectivity index (χ0n) is 10.3. The fourth-order valence-corrected chi connectivity index (χ4v) is 4.17. The van der Waals surface area contributed by atoms with Crippen LogP contribution in [-0.2, 0) is 6.42 Å². The molecule has 0 saturated carbocycles. The van der Waals surface area contributed by atoms with Crippen molar-refractivity contribution in [3.05, 3.63) is 45.6 Å². The highest BCUT2D eigenvalue weighted by Crippen LogP contribution is 2.34. The maximum atomic E-state index is 6.46. The second-order valence-corrected chi connectivity index (χ2v) is 6.72. The number of ether oxygens (including phenoxy) is 1. The molecule has 3 rings (SSSR count). The predicted octanol–water partition coefficient (Wildman–Crippen LogP) is 4.89. The molecule has 0 aliphatic rings. The first-order chi connectivity index (χ1) is 9.26. The molecular weight excluding hydrogens is 298 g/mol. The van der Waals surface area contributed by atoms with Crippen LogP contribution in [-0.4, -0.2) is 12.1 Å². The first-order valence-electron chi connectivity index (χ1n) is 5.87. The molecule has 0 aliphatic heterocycles. The summed E-state index contributed by atoms with van der Waals surface area (Å²) in [6, 6.07) is 10.2. The minimum Gasteiger partial charge on any atom is -0.496 e. The highest BCUT2D eigenvalue weighted by molar-refractivity contribution is 7.18. The number of hydrogen-bond acceptors (Lipinski definition) is 4. The van der Waals surface area contributed by atoms with Gasteiger partial charge in [0, 0.05) is 16.7 Å². The SMILES string of the molecule is COc1csc(C(Cl)Cc2nc3ccccc3s2)c1. The molecule has 0 spiro atoms. The Morgan fingerprint density at radius 3 is 2.95 bits per heavy atom. The van der Waals surface area contributed by atoms with Crippen LogP contribution in [0.4, 0.5) is 0 Å².